The number of benzene rings is 1. The van der Waals surface area contributed by atoms with Crippen molar-refractivity contribution >= 4 is 17.4 Å². The molecule has 0 aliphatic carbocycles. The van der Waals surface area contributed by atoms with E-state index in [9.17, 15) is 4.79 Å². The Morgan fingerprint density at radius 3 is 2.63 bits per heavy atom. The molecule has 1 aliphatic heterocycles. The molecule has 0 amide bonds. The molecule has 0 N–H and O–H groups in total. The van der Waals surface area contributed by atoms with Gasteiger partial charge in [-0.05, 0) is 37.7 Å². The lowest BCUT2D eigenvalue weighted by Crippen LogP contribution is -2.52. The van der Waals surface area contributed by atoms with Crippen molar-refractivity contribution in [2.75, 3.05) is 33.2 Å². The minimum Gasteiger partial charge on any atom is -0.301 e. The summed E-state index contributed by atoms with van der Waals surface area (Å²) in [5.41, 5.74) is 0.747. The molecular weight excluding hydrogens is 260 g/mol. The highest BCUT2D eigenvalue weighted by atomic mass is 35.5. The number of hydrogen-bond acceptors (Lipinski definition) is 3. The zero-order valence-corrected chi connectivity index (χ0v) is 12.4. The molecule has 19 heavy (non-hydrogen) atoms. The Bertz CT molecular complexity index is 432. The van der Waals surface area contributed by atoms with Crippen LogP contribution in [0.4, 0.5) is 0 Å². The average Bonchev–Trinajstić information content (AvgIpc) is 2.41. The Morgan fingerprint density at radius 1 is 1.32 bits per heavy atom. The van der Waals surface area contributed by atoms with E-state index in [1.54, 1.807) is 24.3 Å². The maximum Gasteiger partial charge on any atom is 0.176 e. The second kappa shape index (κ2) is 6.51. The van der Waals surface area contributed by atoms with Crippen LogP contribution in [0.2, 0.25) is 5.02 Å². The summed E-state index contributed by atoms with van der Waals surface area (Å²) >= 11 is 5.83. The Kier molecular flexibility index (Phi) is 4.97. The molecule has 1 fully saturated rings. The van der Waals surface area contributed by atoms with Crippen LogP contribution < -0.4 is 0 Å². The molecule has 2 rings (SSSR count). The van der Waals surface area contributed by atoms with E-state index in [0.29, 0.717) is 17.6 Å². The summed E-state index contributed by atoms with van der Waals surface area (Å²) < 4.78 is 0. The molecule has 0 radical (unpaired) electrons. The van der Waals surface area contributed by atoms with Gasteiger partial charge < -0.3 is 4.90 Å². The van der Waals surface area contributed by atoms with E-state index in [1.807, 2.05) is 0 Å². The standard InChI is InChI=1S/C15H21ClN2O/c1-3-14-10-18(9-8-17(14)2)11-15(19)12-4-6-13(16)7-5-12/h4-7,14H,3,8-11H2,1-2H3. The van der Waals surface area contributed by atoms with Gasteiger partial charge in [0.25, 0.3) is 0 Å². The number of rotatable bonds is 4. The summed E-state index contributed by atoms with van der Waals surface area (Å²) in [5, 5.41) is 0.669. The number of hydrogen-bond donors (Lipinski definition) is 0. The van der Waals surface area contributed by atoms with Crippen LogP contribution in [-0.4, -0.2) is 54.9 Å². The lowest BCUT2D eigenvalue weighted by atomic mass is 10.1. The first-order valence-corrected chi connectivity index (χ1v) is 7.19. The summed E-state index contributed by atoms with van der Waals surface area (Å²) in [6.07, 6.45) is 1.13. The number of likely N-dealkylation sites (N-methyl/N-ethyl adjacent to an activating group) is 1. The van der Waals surface area contributed by atoms with Crippen LogP contribution in [0, 0.1) is 0 Å². The lowest BCUT2D eigenvalue weighted by molar-refractivity contribution is 0.0743. The number of ketones is 1. The molecular formula is C15H21ClN2O. The van der Waals surface area contributed by atoms with Gasteiger partial charge in [0.2, 0.25) is 0 Å². The van der Waals surface area contributed by atoms with Crippen molar-refractivity contribution in [1.29, 1.82) is 0 Å². The number of piperazine rings is 1. The van der Waals surface area contributed by atoms with Gasteiger partial charge in [0.15, 0.2) is 5.78 Å². The normalized spacial score (nSPS) is 21.5. The molecule has 0 spiro atoms. The molecule has 1 unspecified atom stereocenters. The van der Waals surface area contributed by atoms with Crippen LogP contribution in [0.25, 0.3) is 0 Å². The van der Waals surface area contributed by atoms with Gasteiger partial charge in [-0.2, -0.15) is 0 Å². The summed E-state index contributed by atoms with van der Waals surface area (Å²) in [6, 6.07) is 7.71. The largest absolute Gasteiger partial charge is 0.301 e. The third kappa shape index (κ3) is 3.78. The van der Waals surface area contributed by atoms with E-state index >= 15 is 0 Å². The quantitative estimate of drug-likeness (QED) is 0.792. The maximum absolute atomic E-state index is 12.2. The molecule has 4 heteroatoms. The molecule has 0 bridgehead atoms. The van der Waals surface area contributed by atoms with Gasteiger partial charge in [-0.3, -0.25) is 9.69 Å². The van der Waals surface area contributed by atoms with Gasteiger partial charge >= 0.3 is 0 Å². The number of nitrogens with zero attached hydrogens (tertiary/aromatic N) is 2. The monoisotopic (exact) mass is 280 g/mol. The Morgan fingerprint density at radius 2 is 2.00 bits per heavy atom. The number of carbonyl (C=O) groups excluding carboxylic acids is 1. The van der Waals surface area contributed by atoms with Crippen LogP contribution >= 0.6 is 11.6 Å². The second-order valence-electron chi connectivity index (χ2n) is 5.21. The Hall–Kier alpha value is -0.900. The SMILES string of the molecule is CCC1CN(CC(=O)c2ccc(Cl)cc2)CCN1C. The summed E-state index contributed by atoms with van der Waals surface area (Å²) in [7, 11) is 2.16. The Labute approximate surface area is 120 Å². The van der Waals surface area contributed by atoms with Gasteiger partial charge in [0.1, 0.15) is 0 Å². The molecule has 1 aromatic rings. The highest BCUT2D eigenvalue weighted by Gasteiger charge is 2.24. The van der Waals surface area contributed by atoms with Crippen LogP contribution in [0.5, 0.6) is 0 Å². The van der Waals surface area contributed by atoms with Crippen LogP contribution in [0.3, 0.4) is 0 Å². The van der Waals surface area contributed by atoms with Crippen LogP contribution in [0.15, 0.2) is 24.3 Å². The van der Waals surface area contributed by atoms with E-state index in [2.05, 4.69) is 23.8 Å². The van der Waals surface area contributed by atoms with Gasteiger partial charge in [-0.15, -0.1) is 0 Å². The van der Waals surface area contributed by atoms with Gasteiger partial charge in [0, 0.05) is 36.3 Å². The smallest absolute Gasteiger partial charge is 0.176 e. The first-order chi connectivity index (χ1) is 9.10. The van der Waals surface area contributed by atoms with Gasteiger partial charge in [-0.1, -0.05) is 18.5 Å². The van der Waals surface area contributed by atoms with Crippen molar-refractivity contribution in [2.45, 2.75) is 19.4 Å². The van der Waals surface area contributed by atoms with Crippen LogP contribution in [-0.2, 0) is 0 Å². The molecule has 0 aromatic heterocycles. The number of halogens is 1. The number of carbonyl (C=O) groups is 1. The highest BCUT2D eigenvalue weighted by molar-refractivity contribution is 6.30. The zero-order valence-electron chi connectivity index (χ0n) is 11.6. The molecule has 1 aromatic carbocycles. The van der Waals surface area contributed by atoms with Crippen molar-refractivity contribution in [2.24, 2.45) is 0 Å². The fourth-order valence-corrected chi connectivity index (χ4v) is 2.65. The zero-order chi connectivity index (χ0) is 13.8. The van der Waals surface area contributed by atoms with Crippen LogP contribution in [0.1, 0.15) is 23.7 Å². The second-order valence-corrected chi connectivity index (χ2v) is 5.64. The molecule has 1 atom stereocenters. The highest BCUT2D eigenvalue weighted by Crippen LogP contribution is 2.13. The topological polar surface area (TPSA) is 23.6 Å². The first kappa shape index (κ1) is 14.5. The third-order valence-electron chi connectivity index (χ3n) is 3.87. The molecule has 104 valence electrons. The van der Waals surface area contributed by atoms with Crippen molar-refractivity contribution in [3.63, 3.8) is 0 Å². The van der Waals surface area contributed by atoms with Crippen molar-refractivity contribution < 1.29 is 4.79 Å². The van der Waals surface area contributed by atoms with E-state index in [0.717, 1.165) is 31.6 Å². The minimum atomic E-state index is 0.177. The fourth-order valence-electron chi connectivity index (χ4n) is 2.52. The molecule has 3 nitrogen and oxygen atoms in total. The molecule has 1 heterocycles. The number of Topliss-reactive ketones (excluding diaryl/α,β-unsaturated/α-hetero) is 1. The van der Waals surface area contributed by atoms with Gasteiger partial charge in [-0.25, -0.2) is 0 Å². The average molecular weight is 281 g/mol. The lowest BCUT2D eigenvalue weighted by Gasteiger charge is -2.38. The molecule has 1 aliphatic rings. The van der Waals surface area contributed by atoms with E-state index in [4.69, 9.17) is 11.6 Å². The molecule has 0 saturated carbocycles. The predicted molar refractivity (Wildman–Crippen MR) is 78.9 cm³/mol. The third-order valence-corrected chi connectivity index (χ3v) is 4.12. The van der Waals surface area contributed by atoms with E-state index in [1.165, 1.54) is 0 Å². The van der Waals surface area contributed by atoms with E-state index in [-0.39, 0.29) is 5.78 Å². The summed E-state index contributed by atoms with van der Waals surface area (Å²) in [4.78, 5) is 16.8. The van der Waals surface area contributed by atoms with Crippen molar-refractivity contribution in [1.82, 2.24) is 9.80 Å². The Balaban J connectivity index is 1.94. The van der Waals surface area contributed by atoms with Gasteiger partial charge in [0.05, 0.1) is 6.54 Å². The molecule has 1 saturated heterocycles. The first-order valence-electron chi connectivity index (χ1n) is 6.81. The minimum absolute atomic E-state index is 0.177. The van der Waals surface area contributed by atoms with Crippen molar-refractivity contribution in [3.05, 3.63) is 34.9 Å². The van der Waals surface area contributed by atoms with E-state index < -0.39 is 0 Å². The predicted octanol–water partition coefficient (Wildman–Crippen LogP) is 2.55. The summed E-state index contributed by atoms with van der Waals surface area (Å²) in [6.45, 7) is 5.68. The maximum atomic E-state index is 12.2. The van der Waals surface area contributed by atoms with Crippen molar-refractivity contribution in [3.8, 4) is 0 Å². The summed E-state index contributed by atoms with van der Waals surface area (Å²) in [5.74, 6) is 0.177. The fraction of sp³-hybridized carbons (Fsp3) is 0.533.